The van der Waals surface area contributed by atoms with Crippen LogP contribution in [-0.4, -0.2) is 44.4 Å². The molecule has 20 heavy (non-hydrogen) atoms. The number of fused-ring (bicyclic) bond motifs is 1. The highest BCUT2D eigenvalue weighted by atomic mass is 79.9. The van der Waals surface area contributed by atoms with Crippen molar-refractivity contribution in [1.29, 1.82) is 0 Å². The number of aliphatic carboxylic acids is 1. The van der Waals surface area contributed by atoms with Crippen LogP contribution in [0, 0.1) is 0 Å². The average molecular weight is 342 g/mol. The lowest BCUT2D eigenvalue weighted by atomic mass is 10.1. The van der Waals surface area contributed by atoms with Crippen molar-refractivity contribution in [3.63, 3.8) is 0 Å². The fraction of sp³-hybridized carbons (Fsp3) is 0.250. The van der Waals surface area contributed by atoms with Gasteiger partial charge in [0.05, 0.1) is 12.1 Å². The molecule has 1 aromatic carbocycles. The molecule has 0 bridgehead atoms. The summed E-state index contributed by atoms with van der Waals surface area (Å²) in [6.07, 6.45) is 0. The van der Waals surface area contributed by atoms with Gasteiger partial charge in [-0.15, -0.1) is 0 Å². The second-order valence-electron chi connectivity index (χ2n) is 4.52. The summed E-state index contributed by atoms with van der Waals surface area (Å²) in [5.41, 5.74) is -1.20. The first-order valence-corrected chi connectivity index (χ1v) is 6.48. The topological polar surface area (TPSA) is 115 Å². The lowest BCUT2D eigenvalue weighted by molar-refractivity contribution is -0.155. The molecule has 1 unspecified atom stereocenters. The molecule has 0 aliphatic rings. The Balaban J connectivity index is 2.20. The molecule has 0 fully saturated rings. The molecule has 0 saturated heterocycles. The van der Waals surface area contributed by atoms with Crippen molar-refractivity contribution in [2.45, 2.75) is 12.5 Å². The third kappa shape index (κ3) is 2.81. The first-order valence-electron chi connectivity index (χ1n) is 5.69. The van der Waals surface area contributed by atoms with Gasteiger partial charge < -0.3 is 15.5 Å². The molecule has 106 valence electrons. The van der Waals surface area contributed by atoms with Crippen LogP contribution >= 0.6 is 15.9 Å². The van der Waals surface area contributed by atoms with Gasteiger partial charge in [0.15, 0.2) is 11.3 Å². The number of halogens is 1. The van der Waals surface area contributed by atoms with Crippen molar-refractivity contribution in [3.05, 3.63) is 28.4 Å². The minimum absolute atomic E-state index is 0.141. The monoisotopic (exact) mass is 341 g/mol. The Kier molecular flexibility index (Phi) is 3.78. The van der Waals surface area contributed by atoms with Gasteiger partial charge >= 0.3 is 5.97 Å². The number of H-pyrrole nitrogens is 1. The number of hydrogen-bond acceptors (Lipinski definition) is 4. The van der Waals surface area contributed by atoms with Crippen molar-refractivity contribution in [2.75, 3.05) is 6.54 Å². The van der Waals surface area contributed by atoms with E-state index in [9.17, 15) is 14.7 Å². The molecule has 0 radical (unpaired) electrons. The Bertz CT molecular complexity index is 680. The minimum Gasteiger partial charge on any atom is -0.479 e. The number of rotatable bonds is 4. The number of nitrogens with one attached hydrogen (secondary N) is 2. The van der Waals surface area contributed by atoms with Crippen LogP contribution in [0.15, 0.2) is 22.7 Å². The molecule has 1 aromatic heterocycles. The zero-order valence-electron chi connectivity index (χ0n) is 10.5. The minimum atomic E-state index is -2.03. The molecule has 2 aromatic rings. The quantitative estimate of drug-likeness (QED) is 0.659. The van der Waals surface area contributed by atoms with Crippen LogP contribution in [0.1, 0.15) is 17.4 Å². The number of nitrogens with zero attached hydrogens (tertiary/aromatic N) is 1. The van der Waals surface area contributed by atoms with Gasteiger partial charge in [0.2, 0.25) is 0 Å². The summed E-state index contributed by atoms with van der Waals surface area (Å²) >= 11 is 3.30. The summed E-state index contributed by atoms with van der Waals surface area (Å²) in [4.78, 5) is 22.7. The Labute approximate surface area is 122 Å². The summed E-state index contributed by atoms with van der Waals surface area (Å²) in [7, 11) is 0. The number of aromatic nitrogens is 2. The van der Waals surface area contributed by atoms with Gasteiger partial charge in [-0.25, -0.2) is 4.79 Å². The van der Waals surface area contributed by atoms with E-state index in [1.165, 1.54) is 0 Å². The van der Waals surface area contributed by atoms with Crippen LogP contribution in [0.5, 0.6) is 0 Å². The Morgan fingerprint density at radius 1 is 1.50 bits per heavy atom. The van der Waals surface area contributed by atoms with Crippen molar-refractivity contribution >= 4 is 38.7 Å². The van der Waals surface area contributed by atoms with E-state index in [0.29, 0.717) is 10.9 Å². The van der Waals surface area contributed by atoms with Crippen molar-refractivity contribution < 1.29 is 19.8 Å². The normalized spacial score (nSPS) is 13.9. The summed E-state index contributed by atoms with van der Waals surface area (Å²) in [5, 5.41) is 27.9. The third-order valence-electron chi connectivity index (χ3n) is 2.79. The number of carboxylic acid groups (broad SMARTS) is 1. The lowest BCUT2D eigenvalue weighted by Gasteiger charge is -2.17. The Morgan fingerprint density at radius 3 is 2.85 bits per heavy atom. The van der Waals surface area contributed by atoms with Crippen LogP contribution in [-0.2, 0) is 4.79 Å². The molecular formula is C12H12BrN3O4. The summed E-state index contributed by atoms with van der Waals surface area (Å²) in [6, 6.07) is 5.29. The maximum atomic E-state index is 12.0. The molecule has 8 heteroatoms. The number of aromatic amines is 1. The number of carbonyl (C=O) groups excluding carboxylic acids is 1. The smallest absolute Gasteiger partial charge is 0.337 e. The second-order valence-corrected chi connectivity index (χ2v) is 5.44. The van der Waals surface area contributed by atoms with E-state index in [4.69, 9.17) is 5.11 Å². The van der Waals surface area contributed by atoms with Crippen molar-refractivity contribution in [3.8, 4) is 0 Å². The number of carboxylic acids is 1. The first kappa shape index (κ1) is 14.5. The van der Waals surface area contributed by atoms with Gasteiger partial charge in [-0.2, -0.15) is 5.10 Å². The fourth-order valence-electron chi connectivity index (χ4n) is 1.57. The fourth-order valence-corrected chi connectivity index (χ4v) is 1.93. The largest absolute Gasteiger partial charge is 0.479 e. The highest BCUT2D eigenvalue weighted by Gasteiger charge is 2.30. The maximum absolute atomic E-state index is 12.0. The molecule has 0 aliphatic heterocycles. The van der Waals surface area contributed by atoms with Crippen LogP contribution in [0.2, 0.25) is 0 Å². The standard InChI is InChI=1S/C12H12BrN3O4/c1-12(20,11(18)19)5-14-10(17)9-7-4-6(13)2-3-8(7)15-16-9/h2-4,20H,5H2,1H3,(H,14,17)(H,15,16)(H,18,19). The molecular weight excluding hydrogens is 330 g/mol. The zero-order chi connectivity index (χ0) is 14.9. The average Bonchev–Trinajstić information content (AvgIpc) is 2.78. The van der Waals surface area contributed by atoms with Gasteiger partial charge in [-0.3, -0.25) is 9.89 Å². The van der Waals surface area contributed by atoms with Crippen LogP contribution in [0.4, 0.5) is 0 Å². The molecule has 0 spiro atoms. The number of amides is 1. The predicted octanol–water partition coefficient (Wildman–Crippen LogP) is 0.891. The molecule has 0 aliphatic carbocycles. The van der Waals surface area contributed by atoms with Gasteiger partial charge in [-0.1, -0.05) is 15.9 Å². The number of aliphatic hydroxyl groups is 1. The van der Waals surface area contributed by atoms with E-state index in [1.807, 2.05) is 0 Å². The summed E-state index contributed by atoms with van der Waals surface area (Å²) in [6.45, 7) is 0.693. The van der Waals surface area contributed by atoms with E-state index < -0.39 is 24.0 Å². The SMILES string of the molecule is CC(O)(CNC(=O)c1n[nH]c2ccc(Br)cc12)C(=O)O. The molecule has 2 rings (SSSR count). The van der Waals surface area contributed by atoms with E-state index >= 15 is 0 Å². The van der Waals surface area contributed by atoms with Crippen molar-refractivity contribution in [2.24, 2.45) is 0 Å². The number of benzene rings is 1. The Hall–Kier alpha value is -1.93. The molecule has 7 nitrogen and oxygen atoms in total. The summed E-state index contributed by atoms with van der Waals surface area (Å²) < 4.78 is 0.790. The highest BCUT2D eigenvalue weighted by molar-refractivity contribution is 9.10. The van der Waals surface area contributed by atoms with E-state index in [1.54, 1.807) is 18.2 Å². The van der Waals surface area contributed by atoms with Gasteiger partial charge in [0, 0.05) is 9.86 Å². The van der Waals surface area contributed by atoms with Crippen LogP contribution in [0.3, 0.4) is 0 Å². The number of hydrogen-bond donors (Lipinski definition) is 4. The molecule has 1 atom stereocenters. The first-order chi connectivity index (χ1) is 9.31. The van der Waals surface area contributed by atoms with Gasteiger partial charge in [0.25, 0.3) is 5.91 Å². The number of carbonyl (C=O) groups is 2. The van der Waals surface area contributed by atoms with Crippen LogP contribution in [0.25, 0.3) is 10.9 Å². The molecule has 4 N–H and O–H groups in total. The highest BCUT2D eigenvalue weighted by Crippen LogP contribution is 2.21. The van der Waals surface area contributed by atoms with Crippen molar-refractivity contribution in [1.82, 2.24) is 15.5 Å². The molecule has 1 heterocycles. The zero-order valence-corrected chi connectivity index (χ0v) is 12.1. The molecule has 0 saturated carbocycles. The van der Waals surface area contributed by atoms with E-state index in [0.717, 1.165) is 11.4 Å². The predicted molar refractivity (Wildman–Crippen MR) is 74.4 cm³/mol. The Morgan fingerprint density at radius 2 is 2.20 bits per heavy atom. The van der Waals surface area contributed by atoms with Gasteiger partial charge in [0.1, 0.15) is 0 Å². The van der Waals surface area contributed by atoms with Gasteiger partial charge in [-0.05, 0) is 25.1 Å². The van der Waals surface area contributed by atoms with Crippen LogP contribution < -0.4 is 5.32 Å². The lowest BCUT2D eigenvalue weighted by Crippen LogP contribution is -2.46. The third-order valence-corrected chi connectivity index (χ3v) is 3.29. The van der Waals surface area contributed by atoms with E-state index in [2.05, 4.69) is 31.4 Å². The second kappa shape index (κ2) is 5.22. The molecule has 1 amide bonds. The summed E-state index contributed by atoms with van der Waals surface area (Å²) in [5.74, 6) is -1.97. The van der Waals surface area contributed by atoms with E-state index in [-0.39, 0.29) is 5.69 Å². The maximum Gasteiger partial charge on any atom is 0.337 e.